The van der Waals surface area contributed by atoms with Gasteiger partial charge in [0.25, 0.3) is 0 Å². The number of hydrogen-bond acceptors (Lipinski definition) is 0. The summed E-state index contributed by atoms with van der Waals surface area (Å²) < 4.78 is 0.810. The molecule has 2 bridgehead atoms. The fourth-order valence-corrected chi connectivity index (χ4v) is 154. The van der Waals surface area contributed by atoms with Crippen LogP contribution in [0.2, 0.25) is 87.6 Å². The summed E-state index contributed by atoms with van der Waals surface area (Å²) in [7, 11) is -7.29. The third kappa shape index (κ3) is 1.72. The van der Waals surface area contributed by atoms with Crippen LogP contribution in [0.1, 0.15) is 6.42 Å². The lowest BCUT2D eigenvalue weighted by atomic mass is 10.5. The summed E-state index contributed by atoms with van der Waals surface area (Å²) in [6.45, 7) is 38.7. The summed E-state index contributed by atoms with van der Waals surface area (Å²) in [5.41, 5.74) is 0. The van der Waals surface area contributed by atoms with Crippen LogP contribution in [0, 0.1) is 0 Å². The van der Waals surface area contributed by atoms with Crippen molar-refractivity contribution >= 4 is 45.5 Å². The predicted octanol–water partition coefficient (Wildman–Crippen LogP) is 6.34. The Morgan fingerprint density at radius 2 is 0.913 bits per heavy atom. The number of fused-ring (bicyclic) bond motifs is 3. The van der Waals surface area contributed by atoms with Crippen molar-refractivity contribution in [1.82, 2.24) is 0 Å². The van der Waals surface area contributed by atoms with Crippen molar-refractivity contribution in [3.05, 3.63) is 12.7 Å². The Bertz CT molecular complexity index is 472. The van der Waals surface area contributed by atoms with E-state index in [1.807, 2.05) is 0 Å². The first-order chi connectivity index (χ1) is 9.93. The predicted molar refractivity (Wildman–Crippen MR) is 126 cm³/mol. The van der Waals surface area contributed by atoms with Crippen molar-refractivity contribution in [1.29, 1.82) is 0 Å². The Kier molecular flexibility index (Phi) is 4.29. The van der Waals surface area contributed by atoms with Crippen LogP contribution in [-0.4, -0.2) is 45.5 Å². The van der Waals surface area contributed by atoms with Crippen molar-refractivity contribution in [2.45, 2.75) is 94.1 Å². The van der Waals surface area contributed by atoms with E-state index in [0.717, 1.165) is 4.28 Å². The maximum atomic E-state index is 4.32. The van der Waals surface area contributed by atoms with Crippen molar-refractivity contribution in [2.75, 3.05) is 0 Å². The zero-order valence-corrected chi connectivity index (χ0v) is 24.1. The third-order valence-corrected chi connectivity index (χ3v) is 101. The first-order valence-electron chi connectivity index (χ1n) is 9.54. The monoisotopic (exact) mass is 414 g/mol. The molecule has 3 heterocycles. The topological polar surface area (TPSA) is 0 Å². The van der Waals surface area contributed by atoms with Gasteiger partial charge in [-0.2, -0.15) is 0 Å². The molecule has 0 aromatic rings. The van der Waals surface area contributed by atoms with E-state index in [9.17, 15) is 0 Å². The molecule has 3 aliphatic rings. The molecule has 0 radical (unpaired) electrons. The summed E-state index contributed by atoms with van der Waals surface area (Å²) in [5.74, 6) is 0. The molecule has 134 valence electrons. The van der Waals surface area contributed by atoms with Crippen molar-refractivity contribution < 1.29 is 0 Å². The molecule has 0 saturated carbocycles. The second-order valence-electron chi connectivity index (χ2n) is 11.9. The Morgan fingerprint density at radius 1 is 0.652 bits per heavy atom. The fraction of sp³-hybridized carbons (Fsp3) is 0.882. The molecule has 0 atom stereocenters. The molecule has 3 saturated heterocycles. The van der Waals surface area contributed by atoms with Gasteiger partial charge in [-0.15, -0.1) is 6.58 Å². The van der Waals surface area contributed by atoms with E-state index in [4.69, 9.17) is 0 Å². The van der Waals surface area contributed by atoms with Gasteiger partial charge in [-0.05, 0) is 10.7 Å². The van der Waals surface area contributed by atoms with Gasteiger partial charge in [-0.25, -0.2) is 0 Å². The van der Waals surface area contributed by atoms with Crippen LogP contribution in [-0.2, 0) is 0 Å². The average molecular weight is 415 g/mol. The third-order valence-electron chi connectivity index (χ3n) is 10.6. The molecular weight excluding hydrogens is 373 g/mol. The molecule has 0 aliphatic carbocycles. The second-order valence-corrected chi connectivity index (χ2v) is 62.3. The van der Waals surface area contributed by atoms with Crippen molar-refractivity contribution in [3.8, 4) is 0 Å². The molecular formula is C17H42Si6. The van der Waals surface area contributed by atoms with Crippen molar-refractivity contribution in [2.24, 2.45) is 0 Å². The molecule has 0 spiro atoms. The Hall–Kier alpha value is 1.04. The standard InChI is InChI=1S/C17H42Si6/c1-14-15-17-21(8,9)18(2,3)16(19(4,5)22(17,10)11)20(6,7)23(17,12)13/h14,16H,1,15H2,2-13H3. The highest BCUT2D eigenvalue weighted by Gasteiger charge is 2.86. The van der Waals surface area contributed by atoms with Gasteiger partial charge in [-0.1, -0.05) is 89.4 Å². The molecule has 0 N–H and O–H groups in total. The van der Waals surface area contributed by atoms with E-state index in [-0.39, 0.29) is 0 Å². The Balaban J connectivity index is 3.05. The maximum absolute atomic E-state index is 4.32. The lowest BCUT2D eigenvalue weighted by Crippen LogP contribution is -3.00. The molecule has 3 fully saturated rings. The van der Waals surface area contributed by atoms with E-state index in [1.54, 1.807) is 0 Å². The highest BCUT2D eigenvalue weighted by molar-refractivity contribution is 7.76. The lowest BCUT2D eigenvalue weighted by molar-refractivity contribution is 0.914. The highest BCUT2D eigenvalue weighted by Crippen LogP contribution is 2.75. The van der Waals surface area contributed by atoms with Crippen LogP contribution in [0.5, 0.6) is 0 Å². The number of hydrogen-bond donors (Lipinski definition) is 0. The average Bonchev–Trinajstić information content (AvgIpc) is 2.30. The molecule has 3 rings (SSSR count). The maximum Gasteiger partial charge on any atom is 0.0418 e. The zero-order chi connectivity index (χ0) is 18.5. The van der Waals surface area contributed by atoms with Gasteiger partial charge >= 0.3 is 0 Å². The normalized spacial score (nSPS) is 40.6. The molecule has 0 aromatic carbocycles. The molecule has 0 amide bonds. The van der Waals surface area contributed by atoms with E-state index < -0.39 is 45.5 Å². The van der Waals surface area contributed by atoms with Crippen LogP contribution < -0.4 is 0 Å². The number of allylic oxidation sites excluding steroid dienone is 1. The highest BCUT2D eigenvalue weighted by atomic mass is 29.4. The summed E-state index contributed by atoms with van der Waals surface area (Å²) in [4.78, 5) is 1.28. The zero-order valence-electron chi connectivity index (χ0n) is 18.1. The minimum Gasteiger partial charge on any atom is -0.103 e. The first kappa shape index (κ1) is 20.4. The van der Waals surface area contributed by atoms with Crippen LogP contribution in [0.15, 0.2) is 12.7 Å². The van der Waals surface area contributed by atoms with Gasteiger partial charge in [0, 0.05) is 45.5 Å². The second kappa shape index (κ2) is 4.85. The van der Waals surface area contributed by atoms with Crippen LogP contribution in [0.25, 0.3) is 0 Å². The Labute approximate surface area is 152 Å². The smallest absolute Gasteiger partial charge is 0.0418 e. The SMILES string of the molecule is C=CCC12[Si](C)(C)[Si](C)(C)C([Si](C)(C)[Si]1(C)C)[Si](C)(C)[Si]2(C)C. The van der Waals surface area contributed by atoms with Gasteiger partial charge < -0.3 is 0 Å². The summed E-state index contributed by atoms with van der Waals surface area (Å²) in [6.07, 6.45) is 3.77. The minimum absolute atomic E-state index is 0.810. The number of rotatable bonds is 2. The molecule has 3 aliphatic heterocycles. The van der Waals surface area contributed by atoms with Gasteiger partial charge in [0.1, 0.15) is 0 Å². The fourth-order valence-electron chi connectivity index (χ4n) is 8.76. The molecule has 0 unspecified atom stereocenters. The molecule has 0 nitrogen and oxygen atoms in total. The van der Waals surface area contributed by atoms with Crippen LogP contribution in [0.3, 0.4) is 0 Å². The van der Waals surface area contributed by atoms with Gasteiger partial charge in [0.05, 0.1) is 0 Å². The van der Waals surface area contributed by atoms with Crippen molar-refractivity contribution in [3.63, 3.8) is 0 Å². The Morgan fingerprint density at radius 3 is 1.13 bits per heavy atom. The minimum atomic E-state index is -1.26. The molecule has 23 heavy (non-hydrogen) atoms. The van der Waals surface area contributed by atoms with Gasteiger partial charge in [0.15, 0.2) is 0 Å². The largest absolute Gasteiger partial charge is 0.103 e. The lowest BCUT2D eigenvalue weighted by Gasteiger charge is -2.85. The van der Waals surface area contributed by atoms with Crippen LogP contribution in [0.4, 0.5) is 0 Å². The van der Waals surface area contributed by atoms with Crippen LogP contribution >= 0.6 is 0 Å². The van der Waals surface area contributed by atoms with E-state index in [0.29, 0.717) is 0 Å². The summed E-state index contributed by atoms with van der Waals surface area (Å²) in [6, 6.07) is 0. The quantitative estimate of drug-likeness (QED) is 0.365. The summed E-state index contributed by atoms with van der Waals surface area (Å²) >= 11 is 0. The molecule has 0 aromatic heterocycles. The van der Waals surface area contributed by atoms with E-state index >= 15 is 0 Å². The van der Waals surface area contributed by atoms with E-state index in [2.05, 4.69) is 91.2 Å². The van der Waals surface area contributed by atoms with E-state index in [1.165, 1.54) is 11.2 Å². The molecule has 6 heteroatoms. The summed E-state index contributed by atoms with van der Waals surface area (Å²) in [5, 5.41) is 0. The van der Waals surface area contributed by atoms with Gasteiger partial charge in [-0.3, -0.25) is 0 Å². The van der Waals surface area contributed by atoms with Gasteiger partial charge in [0.2, 0.25) is 0 Å². The first-order valence-corrected chi connectivity index (χ1v) is 30.8.